The zero-order chi connectivity index (χ0) is 23.8. The van der Waals surface area contributed by atoms with Crippen LogP contribution in [0.2, 0.25) is 0 Å². The van der Waals surface area contributed by atoms with Crippen LogP contribution in [-0.2, 0) is 16.0 Å². The summed E-state index contributed by atoms with van der Waals surface area (Å²) in [6.45, 7) is 5.87. The topological polar surface area (TPSA) is 75.0 Å². The fourth-order valence-electron chi connectivity index (χ4n) is 5.45. The van der Waals surface area contributed by atoms with E-state index in [2.05, 4.69) is 41.4 Å². The van der Waals surface area contributed by atoms with E-state index in [1.54, 1.807) is 11.3 Å². The maximum atomic E-state index is 12.7. The lowest BCUT2D eigenvalue weighted by Gasteiger charge is -2.35. The quantitative estimate of drug-likeness (QED) is 0.554. The zero-order valence-electron chi connectivity index (χ0n) is 20.4. The first-order chi connectivity index (χ1) is 17.2. The Morgan fingerprint density at radius 1 is 1.09 bits per heavy atom. The van der Waals surface area contributed by atoms with E-state index in [0.29, 0.717) is 25.7 Å². The number of anilines is 2. The van der Waals surface area contributed by atoms with Gasteiger partial charge in [0.2, 0.25) is 10.1 Å². The number of amides is 1. The van der Waals surface area contributed by atoms with Crippen molar-refractivity contribution >= 4 is 33.2 Å². The minimum atomic E-state index is -0.237. The molecule has 0 spiro atoms. The normalized spacial score (nSPS) is 21.3. The second-order valence-corrected chi connectivity index (χ2v) is 10.8. The number of fused-ring (bicyclic) bond motifs is 1. The van der Waals surface area contributed by atoms with E-state index < -0.39 is 0 Å². The van der Waals surface area contributed by atoms with Crippen LogP contribution in [0.4, 0.5) is 10.9 Å². The van der Waals surface area contributed by atoms with Crippen molar-refractivity contribution in [1.82, 2.24) is 19.5 Å². The second-order valence-electron chi connectivity index (χ2n) is 9.88. The van der Waals surface area contributed by atoms with Gasteiger partial charge in [0.25, 0.3) is 5.91 Å². The average molecular weight is 495 g/mol. The third kappa shape index (κ3) is 4.51. The van der Waals surface area contributed by atoms with Crippen LogP contribution in [0.5, 0.6) is 0 Å². The Morgan fingerprint density at radius 2 is 1.86 bits per heavy atom. The van der Waals surface area contributed by atoms with E-state index in [4.69, 9.17) is 14.8 Å². The van der Waals surface area contributed by atoms with Crippen LogP contribution in [0, 0.1) is 0 Å². The number of ether oxygens (including phenoxy) is 1. The van der Waals surface area contributed by atoms with E-state index in [1.165, 1.54) is 31.2 Å². The summed E-state index contributed by atoms with van der Waals surface area (Å²) in [5.74, 6) is 1.16. The molecule has 1 amide bonds. The number of aryl methyl sites for hydroxylation is 1. The molecular formula is C26H34N6O2S. The highest BCUT2D eigenvalue weighted by Crippen LogP contribution is 2.35. The van der Waals surface area contributed by atoms with Gasteiger partial charge in [0.15, 0.2) is 5.82 Å². The number of hydrogen-bond donors (Lipinski definition) is 1. The maximum Gasteiger partial charge on any atom is 0.251 e. The van der Waals surface area contributed by atoms with Gasteiger partial charge in [-0.15, -0.1) is 5.10 Å². The number of nitrogens with zero attached hydrogens (tertiary/aromatic N) is 5. The van der Waals surface area contributed by atoms with Crippen LogP contribution in [0.25, 0.3) is 16.2 Å². The van der Waals surface area contributed by atoms with Crippen molar-refractivity contribution in [3.8, 4) is 11.3 Å². The van der Waals surface area contributed by atoms with E-state index in [9.17, 15) is 4.79 Å². The molecule has 1 aromatic carbocycles. The lowest BCUT2D eigenvalue weighted by atomic mass is 10.1. The van der Waals surface area contributed by atoms with Gasteiger partial charge in [0.1, 0.15) is 11.8 Å². The zero-order valence-corrected chi connectivity index (χ0v) is 21.2. The van der Waals surface area contributed by atoms with Gasteiger partial charge in [-0.2, -0.15) is 4.52 Å². The maximum absolute atomic E-state index is 12.7. The van der Waals surface area contributed by atoms with Gasteiger partial charge in [-0.1, -0.05) is 55.4 Å². The molecule has 186 valence electrons. The van der Waals surface area contributed by atoms with E-state index in [0.717, 1.165) is 59.5 Å². The summed E-state index contributed by atoms with van der Waals surface area (Å²) < 4.78 is 7.61. The number of hydrogen-bond acceptors (Lipinski definition) is 7. The summed E-state index contributed by atoms with van der Waals surface area (Å²) >= 11 is 1.63. The van der Waals surface area contributed by atoms with E-state index >= 15 is 0 Å². The summed E-state index contributed by atoms with van der Waals surface area (Å²) in [6.07, 6.45) is 7.56. The first-order valence-corrected chi connectivity index (χ1v) is 13.9. The summed E-state index contributed by atoms with van der Waals surface area (Å²) in [5.41, 5.74) is 3.44. The first-order valence-electron chi connectivity index (χ1n) is 13.1. The van der Waals surface area contributed by atoms with Gasteiger partial charge in [-0.3, -0.25) is 4.79 Å². The number of carbonyl (C=O) groups excluding carboxylic acids is 1. The highest BCUT2D eigenvalue weighted by atomic mass is 32.1. The lowest BCUT2D eigenvalue weighted by Crippen LogP contribution is -2.51. The second kappa shape index (κ2) is 9.78. The Bertz CT molecular complexity index is 1170. The van der Waals surface area contributed by atoms with Crippen molar-refractivity contribution in [2.45, 2.75) is 64.0 Å². The summed E-state index contributed by atoms with van der Waals surface area (Å²) in [7, 11) is 0. The molecule has 0 bridgehead atoms. The fourth-order valence-corrected chi connectivity index (χ4v) is 6.41. The van der Waals surface area contributed by atoms with Gasteiger partial charge in [-0.25, -0.2) is 4.98 Å². The molecule has 2 aliphatic heterocycles. The summed E-state index contributed by atoms with van der Waals surface area (Å²) in [6, 6.07) is 9.21. The van der Waals surface area contributed by atoms with Crippen molar-refractivity contribution < 1.29 is 9.53 Å². The molecule has 1 N–H and O–H groups in total. The molecule has 2 saturated heterocycles. The number of piperazine rings is 1. The van der Waals surface area contributed by atoms with Crippen LogP contribution in [0.15, 0.2) is 24.3 Å². The Morgan fingerprint density at radius 3 is 2.54 bits per heavy atom. The Balaban J connectivity index is 1.23. The standard InChI is InChI=1S/C26H34N6O2S/c1-2-18-9-11-19(12-10-18)22-23(27-20-6-3-4-7-20)32-25(28-22)35-26(29-32)31-15-13-30(14-16-31)24(33)21-8-5-17-34-21/h9-12,20-21,27H,2-8,13-17H2,1H3. The highest BCUT2D eigenvalue weighted by molar-refractivity contribution is 7.20. The van der Waals surface area contributed by atoms with E-state index in [1.807, 2.05) is 9.42 Å². The molecule has 1 aliphatic carbocycles. The Hall–Kier alpha value is -2.65. The van der Waals surface area contributed by atoms with Gasteiger partial charge < -0.3 is 19.9 Å². The minimum absolute atomic E-state index is 0.151. The molecule has 6 rings (SSSR count). The van der Waals surface area contributed by atoms with Crippen molar-refractivity contribution in [1.29, 1.82) is 0 Å². The first kappa shape index (κ1) is 22.8. The van der Waals surface area contributed by atoms with Gasteiger partial charge in [0, 0.05) is 44.4 Å². The number of carbonyl (C=O) groups is 1. The van der Waals surface area contributed by atoms with E-state index in [-0.39, 0.29) is 12.0 Å². The minimum Gasteiger partial charge on any atom is -0.368 e. The van der Waals surface area contributed by atoms with Gasteiger partial charge in [-0.05, 0) is 37.7 Å². The third-order valence-corrected chi connectivity index (χ3v) is 8.56. The Labute approximate surface area is 210 Å². The molecule has 8 nitrogen and oxygen atoms in total. The lowest BCUT2D eigenvalue weighted by molar-refractivity contribution is -0.141. The monoisotopic (exact) mass is 494 g/mol. The van der Waals surface area contributed by atoms with Crippen molar-refractivity contribution in [3.05, 3.63) is 29.8 Å². The molecule has 0 radical (unpaired) electrons. The predicted octanol–water partition coefficient (Wildman–Crippen LogP) is 4.20. The van der Waals surface area contributed by atoms with Crippen LogP contribution < -0.4 is 10.2 Å². The van der Waals surface area contributed by atoms with Gasteiger partial charge in [0.05, 0.1) is 0 Å². The number of imidazole rings is 1. The third-order valence-electron chi connectivity index (χ3n) is 7.59. The largest absolute Gasteiger partial charge is 0.368 e. The number of benzene rings is 1. The molecule has 3 fully saturated rings. The molecular weight excluding hydrogens is 460 g/mol. The van der Waals surface area contributed by atoms with Crippen LogP contribution in [0.1, 0.15) is 51.0 Å². The molecule has 9 heteroatoms. The van der Waals surface area contributed by atoms with Crippen LogP contribution >= 0.6 is 11.3 Å². The molecule has 3 aliphatic rings. The molecule has 3 aromatic rings. The smallest absolute Gasteiger partial charge is 0.251 e. The van der Waals surface area contributed by atoms with Crippen LogP contribution in [0.3, 0.4) is 0 Å². The molecule has 35 heavy (non-hydrogen) atoms. The summed E-state index contributed by atoms with van der Waals surface area (Å²) in [4.78, 5) is 22.9. The number of nitrogens with one attached hydrogen (secondary N) is 1. The molecule has 1 atom stereocenters. The molecule has 1 saturated carbocycles. The van der Waals surface area contributed by atoms with Crippen molar-refractivity contribution in [3.63, 3.8) is 0 Å². The van der Waals surface area contributed by atoms with Crippen molar-refractivity contribution in [2.75, 3.05) is 43.0 Å². The molecule has 1 unspecified atom stereocenters. The predicted molar refractivity (Wildman–Crippen MR) is 139 cm³/mol. The highest BCUT2D eigenvalue weighted by Gasteiger charge is 2.31. The number of aromatic nitrogens is 3. The average Bonchev–Trinajstić information content (AvgIpc) is 3.70. The van der Waals surface area contributed by atoms with Crippen LogP contribution in [-0.4, -0.2) is 70.3 Å². The number of rotatable bonds is 6. The van der Waals surface area contributed by atoms with Crippen molar-refractivity contribution in [2.24, 2.45) is 0 Å². The summed E-state index contributed by atoms with van der Waals surface area (Å²) in [5, 5.41) is 9.77. The van der Waals surface area contributed by atoms with Gasteiger partial charge >= 0.3 is 0 Å². The Kier molecular flexibility index (Phi) is 6.37. The molecule has 4 heterocycles. The SMILES string of the molecule is CCc1ccc(-c2nc3sc(N4CCN(C(=O)C5CCCO5)CC4)nn3c2NC2CCCC2)cc1. The fraction of sp³-hybridized carbons (Fsp3) is 0.577. The molecule has 2 aromatic heterocycles.